The van der Waals surface area contributed by atoms with Crippen LogP contribution in [0.4, 0.5) is 0 Å². The minimum atomic E-state index is -0.121. The van der Waals surface area contributed by atoms with Crippen molar-refractivity contribution in [1.82, 2.24) is 14.9 Å². The molecule has 0 aliphatic rings. The molecule has 0 aliphatic carbocycles. The zero-order valence-corrected chi connectivity index (χ0v) is 19.0. The van der Waals surface area contributed by atoms with Gasteiger partial charge in [-0.2, -0.15) is 0 Å². The molecule has 1 amide bonds. The number of carbonyl (C=O) groups is 1. The second kappa shape index (κ2) is 10.1. The molecule has 0 aliphatic heterocycles. The molecule has 0 saturated heterocycles. The van der Waals surface area contributed by atoms with Gasteiger partial charge in [0.25, 0.3) is 5.56 Å². The van der Waals surface area contributed by atoms with Crippen LogP contribution >= 0.6 is 23.4 Å². The highest BCUT2D eigenvalue weighted by molar-refractivity contribution is 7.99. The van der Waals surface area contributed by atoms with Gasteiger partial charge >= 0.3 is 0 Å². The molecule has 5 nitrogen and oxygen atoms in total. The smallest absolute Gasteiger partial charge is 0.262 e. The van der Waals surface area contributed by atoms with Crippen molar-refractivity contribution in [1.29, 1.82) is 0 Å². The third-order valence-corrected chi connectivity index (χ3v) is 6.18. The van der Waals surface area contributed by atoms with E-state index < -0.39 is 0 Å². The molecule has 3 rings (SSSR count). The first-order chi connectivity index (χ1) is 14.4. The Morgan fingerprint density at radius 2 is 1.93 bits per heavy atom. The van der Waals surface area contributed by atoms with Crippen molar-refractivity contribution in [3.8, 4) is 0 Å². The molecule has 1 unspecified atom stereocenters. The van der Waals surface area contributed by atoms with E-state index in [9.17, 15) is 9.59 Å². The molecule has 30 heavy (non-hydrogen) atoms. The van der Waals surface area contributed by atoms with Gasteiger partial charge in [0.1, 0.15) is 0 Å². The van der Waals surface area contributed by atoms with Crippen LogP contribution in [-0.2, 0) is 4.79 Å². The lowest BCUT2D eigenvalue weighted by Gasteiger charge is -2.17. The Kier molecular flexibility index (Phi) is 7.56. The predicted molar refractivity (Wildman–Crippen MR) is 125 cm³/mol. The summed E-state index contributed by atoms with van der Waals surface area (Å²) >= 11 is 7.34. The third-order valence-electron chi connectivity index (χ3n) is 4.99. The first-order valence-electron chi connectivity index (χ1n) is 10.1. The van der Waals surface area contributed by atoms with E-state index in [4.69, 9.17) is 11.6 Å². The summed E-state index contributed by atoms with van der Waals surface area (Å²) in [6.07, 6.45) is 0.942. The van der Waals surface area contributed by atoms with Gasteiger partial charge in [-0.3, -0.25) is 14.2 Å². The highest BCUT2D eigenvalue weighted by Gasteiger charge is 2.16. The van der Waals surface area contributed by atoms with Crippen molar-refractivity contribution in [3.63, 3.8) is 0 Å². The van der Waals surface area contributed by atoms with Crippen molar-refractivity contribution >= 4 is 40.2 Å². The predicted octanol–water partition coefficient (Wildman–Crippen LogP) is 5.03. The number of halogens is 1. The van der Waals surface area contributed by atoms with Gasteiger partial charge in [-0.1, -0.05) is 60.6 Å². The second-order valence-electron chi connectivity index (χ2n) is 7.43. The van der Waals surface area contributed by atoms with Crippen LogP contribution in [-0.4, -0.2) is 27.8 Å². The minimum absolute atomic E-state index is 0.0711. The number of carbonyl (C=O) groups excluding carboxylic acids is 1. The molecule has 0 fully saturated rings. The molecule has 0 radical (unpaired) electrons. The van der Waals surface area contributed by atoms with Crippen LogP contribution in [0.15, 0.2) is 58.5 Å². The fraction of sp³-hybridized carbons (Fsp3) is 0.348. The van der Waals surface area contributed by atoms with Crippen LogP contribution in [0.3, 0.4) is 0 Å². The van der Waals surface area contributed by atoms with Gasteiger partial charge < -0.3 is 5.32 Å². The average Bonchev–Trinajstić information content (AvgIpc) is 2.73. The van der Waals surface area contributed by atoms with Gasteiger partial charge in [-0.15, -0.1) is 0 Å². The van der Waals surface area contributed by atoms with E-state index in [1.807, 2.05) is 32.0 Å². The number of nitrogens with one attached hydrogen (secondary N) is 1. The molecule has 0 spiro atoms. The van der Waals surface area contributed by atoms with E-state index in [0.29, 0.717) is 27.6 Å². The fourth-order valence-electron chi connectivity index (χ4n) is 3.35. The highest BCUT2D eigenvalue weighted by atomic mass is 35.5. The number of rotatable bonds is 8. The maximum absolute atomic E-state index is 12.9. The third kappa shape index (κ3) is 5.24. The fourth-order valence-corrected chi connectivity index (χ4v) is 4.47. The van der Waals surface area contributed by atoms with Gasteiger partial charge in [-0.05, 0) is 44.0 Å². The Balaban J connectivity index is 1.72. The number of benzene rings is 2. The second-order valence-corrected chi connectivity index (χ2v) is 8.81. The van der Waals surface area contributed by atoms with Crippen LogP contribution in [0.25, 0.3) is 10.9 Å². The lowest BCUT2D eigenvalue weighted by atomic mass is 9.96. The van der Waals surface area contributed by atoms with Crippen LogP contribution in [0.5, 0.6) is 0 Å². The van der Waals surface area contributed by atoms with Gasteiger partial charge in [0.2, 0.25) is 5.91 Å². The molecule has 1 N–H and O–H groups in total. The van der Waals surface area contributed by atoms with E-state index in [2.05, 4.69) is 29.4 Å². The number of fused-ring (bicyclic) bond motifs is 1. The van der Waals surface area contributed by atoms with Crippen molar-refractivity contribution in [2.75, 3.05) is 12.3 Å². The summed E-state index contributed by atoms with van der Waals surface area (Å²) in [7, 11) is 0. The summed E-state index contributed by atoms with van der Waals surface area (Å²) in [6, 6.07) is 15.2. The first-order valence-corrected chi connectivity index (χ1v) is 11.4. The Morgan fingerprint density at radius 3 is 2.60 bits per heavy atom. The first kappa shape index (κ1) is 22.4. The summed E-state index contributed by atoms with van der Waals surface area (Å²) in [6.45, 7) is 6.56. The summed E-state index contributed by atoms with van der Waals surface area (Å²) in [5.41, 5.74) is 1.64. The molecule has 2 aromatic carbocycles. The van der Waals surface area contributed by atoms with Gasteiger partial charge in [0, 0.05) is 23.5 Å². The van der Waals surface area contributed by atoms with Gasteiger partial charge in [-0.25, -0.2) is 4.98 Å². The van der Waals surface area contributed by atoms with Crippen LogP contribution in [0.1, 0.15) is 44.7 Å². The summed E-state index contributed by atoms with van der Waals surface area (Å²) in [5, 5.41) is 4.59. The van der Waals surface area contributed by atoms with Crippen LogP contribution in [0, 0.1) is 0 Å². The molecule has 0 bridgehead atoms. The number of nitrogens with zero attached hydrogens (tertiary/aromatic N) is 2. The Bertz CT molecular complexity index is 1080. The Hall–Kier alpha value is -2.31. The zero-order chi connectivity index (χ0) is 21.7. The van der Waals surface area contributed by atoms with Gasteiger partial charge in [0.15, 0.2) is 5.16 Å². The van der Waals surface area contributed by atoms with Crippen LogP contribution < -0.4 is 10.9 Å². The van der Waals surface area contributed by atoms with Crippen molar-refractivity contribution in [3.05, 3.63) is 69.5 Å². The normalized spacial score (nSPS) is 12.3. The topological polar surface area (TPSA) is 64.0 Å². The summed E-state index contributed by atoms with van der Waals surface area (Å²) in [5.74, 6) is 0.385. The molecule has 158 valence electrons. The Morgan fingerprint density at radius 1 is 1.20 bits per heavy atom. The van der Waals surface area contributed by atoms with Crippen molar-refractivity contribution in [2.45, 2.75) is 44.3 Å². The maximum atomic E-state index is 12.9. The van der Waals surface area contributed by atoms with E-state index in [0.717, 1.165) is 6.42 Å². The molecule has 1 atom stereocenters. The van der Waals surface area contributed by atoms with Crippen LogP contribution in [0.2, 0.25) is 5.02 Å². The van der Waals surface area contributed by atoms with E-state index in [1.165, 1.54) is 17.3 Å². The monoisotopic (exact) mass is 443 g/mol. The number of thioether (sulfide) groups is 1. The summed E-state index contributed by atoms with van der Waals surface area (Å²) in [4.78, 5) is 30.0. The number of hydrogen-bond acceptors (Lipinski definition) is 4. The molecule has 7 heteroatoms. The number of aromatic nitrogens is 2. The molecule has 1 heterocycles. The molecular weight excluding hydrogens is 418 g/mol. The lowest BCUT2D eigenvalue weighted by molar-refractivity contribution is -0.118. The largest absolute Gasteiger partial charge is 0.355 e. The molecule has 0 saturated carbocycles. The van der Waals surface area contributed by atoms with E-state index >= 15 is 0 Å². The average molecular weight is 444 g/mol. The number of amides is 1. The highest BCUT2D eigenvalue weighted by Crippen LogP contribution is 2.23. The Labute approximate surface area is 185 Å². The van der Waals surface area contributed by atoms with E-state index in [-0.39, 0.29) is 29.2 Å². The van der Waals surface area contributed by atoms with Crippen molar-refractivity contribution in [2.24, 2.45) is 0 Å². The summed E-state index contributed by atoms with van der Waals surface area (Å²) < 4.78 is 1.63. The molecule has 3 aromatic rings. The lowest BCUT2D eigenvalue weighted by Crippen LogP contribution is -2.30. The van der Waals surface area contributed by atoms with E-state index in [1.54, 1.807) is 22.8 Å². The zero-order valence-electron chi connectivity index (χ0n) is 17.4. The SMILES string of the molecule is CCC(CNC(=O)CSc1nc2cc(Cl)ccc2c(=O)n1C(C)C)c1ccccc1. The van der Waals surface area contributed by atoms with Crippen molar-refractivity contribution < 1.29 is 4.79 Å². The molecular formula is C23H26ClN3O2S. The quantitative estimate of drug-likeness (QED) is 0.391. The maximum Gasteiger partial charge on any atom is 0.262 e. The minimum Gasteiger partial charge on any atom is -0.355 e. The number of hydrogen-bond donors (Lipinski definition) is 1. The molecule has 1 aromatic heterocycles. The van der Waals surface area contributed by atoms with Gasteiger partial charge in [0.05, 0.1) is 16.7 Å². The standard InChI is InChI=1S/C23H26ClN3O2S/c1-4-16(17-8-6-5-7-9-17)13-25-21(28)14-30-23-26-20-12-18(24)10-11-19(20)22(29)27(23)15(2)3/h5-12,15-16H,4,13-14H2,1-3H3,(H,25,28).